The normalized spacial score (nSPS) is 13.7. The summed E-state index contributed by atoms with van der Waals surface area (Å²) in [6, 6.07) is 22.2. The van der Waals surface area contributed by atoms with Crippen LogP contribution in [0.25, 0.3) is 11.1 Å². The number of rotatable bonds is 6. The van der Waals surface area contributed by atoms with Gasteiger partial charge in [-0.2, -0.15) is 0 Å². The number of carbonyl (C=O) groups excluding carboxylic acids is 2. The van der Waals surface area contributed by atoms with E-state index >= 15 is 0 Å². The first kappa shape index (κ1) is 20.4. The van der Waals surface area contributed by atoms with Crippen LogP contribution >= 0.6 is 0 Å². The largest absolute Gasteiger partial charge is 0.497 e. The van der Waals surface area contributed by atoms with Crippen LogP contribution in [0, 0.1) is 6.92 Å². The second kappa shape index (κ2) is 8.48. The number of ether oxygens (including phenoxy) is 2. The molecule has 1 aliphatic heterocycles. The number of imide groups is 1. The number of carbonyl (C=O) groups is 2. The second-order valence-electron chi connectivity index (χ2n) is 7.34. The van der Waals surface area contributed by atoms with Crippen LogP contribution in [0.15, 0.2) is 72.8 Å². The lowest BCUT2D eigenvalue weighted by atomic mass is 9.93. The third-order valence-electron chi connectivity index (χ3n) is 5.46. The van der Waals surface area contributed by atoms with Crippen LogP contribution in [-0.4, -0.2) is 30.9 Å². The molecule has 0 unspecified atom stereocenters. The van der Waals surface area contributed by atoms with Crippen LogP contribution in [0.4, 0.5) is 0 Å². The first-order chi connectivity index (χ1) is 15.0. The van der Waals surface area contributed by atoms with Crippen molar-refractivity contribution >= 4 is 23.0 Å². The predicted molar refractivity (Wildman–Crippen MR) is 120 cm³/mol. The van der Waals surface area contributed by atoms with E-state index in [4.69, 9.17) is 9.47 Å². The van der Waals surface area contributed by atoms with Crippen LogP contribution in [0.1, 0.15) is 22.3 Å². The topological polar surface area (TPSA) is 55.8 Å². The molecular formula is C26H23NO4. The Bertz CT molecular complexity index is 1160. The maximum absolute atomic E-state index is 13.5. The molecule has 3 aromatic carbocycles. The summed E-state index contributed by atoms with van der Waals surface area (Å²) in [5.74, 6) is 0.819. The van der Waals surface area contributed by atoms with Crippen molar-refractivity contribution in [2.24, 2.45) is 0 Å². The molecule has 1 heterocycles. The molecule has 0 fully saturated rings. The lowest BCUT2D eigenvalue weighted by Gasteiger charge is -2.16. The van der Waals surface area contributed by atoms with Gasteiger partial charge in [0.05, 0.1) is 31.9 Å². The molecule has 0 bridgehead atoms. The van der Waals surface area contributed by atoms with Crippen molar-refractivity contribution in [2.75, 3.05) is 14.2 Å². The lowest BCUT2D eigenvalue weighted by molar-refractivity contribution is -0.136. The van der Waals surface area contributed by atoms with Crippen molar-refractivity contribution < 1.29 is 19.1 Å². The van der Waals surface area contributed by atoms with Crippen LogP contribution in [0.2, 0.25) is 0 Å². The van der Waals surface area contributed by atoms with Crippen molar-refractivity contribution in [1.29, 1.82) is 0 Å². The lowest BCUT2D eigenvalue weighted by Crippen LogP contribution is -2.31. The second-order valence-corrected chi connectivity index (χ2v) is 7.34. The Kier molecular flexibility index (Phi) is 5.58. The summed E-state index contributed by atoms with van der Waals surface area (Å²) in [7, 11) is 3.19. The van der Waals surface area contributed by atoms with E-state index in [9.17, 15) is 9.59 Å². The molecule has 0 spiro atoms. The summed E-state index contributed by atoms with van der Waals surface area (Å²) in [5, 5.41) is 0. The SMILES string of the molecule is COc1ccc(CN2C(=O)C(c3ccc(OC)cc3)=C(c3ccccc3C)C2=O)cc1. The van der Waals surface area contributed by atoms with Gasteiger partial charge in [-0.05, 0) is 53.4 Å². The first-order valence-electron chi connectivity index (χ1n) is 9.97. The molecule has 0 aromatic heterocycles. The molecule has 5 heteroatoms. The van der Waals surface area contributed by atoms with Gasteiger partial charge in [-0.15, -0.1) is 0 Å². The van der Waals surface area contributed by atoms with E-state index in [1.807, 2.05) is 67.6 Å². The van der Waals surface area contributed by atoms with Crippen molar-refractivity contribution in [3.63, 3.8) is 0 Å². The molecule has 0 N–H and O–H groups in total. The fourth-order valence-electron chi connectivity index (χ4n) is 3.76. The van der Waals surface area contributed by atoms with Crippen molar-refractivity contribution in [1.82, 2.24) is 4.90 Å². The molecule has 0 radical (unpaired) electrons. The summed E-state index contributed by atoms with van der Waals surface area (Å²) in [4.78, 5) is 28.3. The summed E-state index contributed by atoms with van der Waals surface area (Å²) in [6.07, 6.45) is 0. The quantitative estimate of drug-likeness (QED) is 0.559. The standard InChI is InChI=1S/C26H23NO4/c1-17-6-4-5-7-22(17)24-23(19-10-14-21(31-3)15-11-19)25(28)27(26(24)29)16-18-8-12-20(30-2)13-9-18/h4-15H,16H2,1-3H3. The van der Waals surface area contributed by atoms with Gasteiger partial charge < -0.3 is 9.47 Å². The molecule has 4 rings (SSSR count). The van der Waals surface area contributed by atoms with Gasteiger partial charge >= 0.3 is 0 Å². The maximum Gasteiger partial charge on any atom is 0.262 e. The van der Waals surface area contributed by atoms with Gasteiger partial charge in [-0.25, -0.2) is 0 Å². The van der Waals surface area contributed by atoms with E-state index in [-0.39, 0.29) is 18.4 Å². The van der Waals surface area contributed by atoms with Gasteiger partial charge in [0.1, 0.15) is 11.5 Å². The molecule has 31 heavy (non-hydrogen) atoms. The molecular weight excluding hydrogens is 390 g/mol. The monoisotopic (exact) mass is 413 g/mol. The fraction of sp³-hybridized carbons (Fsp3) is 0.154. The van der Waals surface area contributed by atoms with Gasteiger partial charge in [0, 0.05) is 0 Å². The smallest absolute Gasteiger partial charge is 0.262 e. The zero-order valence-electron chi connectivity index (χ0n) is 17.7. The van der Waals surface area contributed by atoms with E-state index in [0.717, 1.165) is 22.4 Å². The van der Waals surface area contributed by atoms with E-state index < -0.39 is 0 Å². The fourth-order valence-corrected chi connectivity index (χ4v) is 3.76. The average molecular weight is 413 g/mol. The molecule has 2 amide bonds. The molecule has 1 aliphatic rings. The van der Waals surface area contributed by atoms with E-state index in [1.165, 1.54) is 4.90 Å². The minimum atomic E-state index is -0.302. The molecule has 3 aromatic rings. The number of benzene rings is 3. The van der Waals surface area contributed by atoms with Gasteiger partial charge in [-0.1, -0.05) is 48.5 Å². The minimum Gasteiger partial charge on any atom is -0.497 e. The summed E-state index contributed by atoms with van der Waals surface area (Å²) < 4.78 is 10.4. The van der Waals surface area contributed by atoms with Crippen molar-refractivity contribution in [3.8, 4) is 11.5 Å². The van der Waals surface area contributed by atoms with Crippen LogP contribution < -0.4 is 9.47 Å². The van der Waals surface area contributed by atoms with Gasteiger partial charge in [0.2, 0.25) is 0 Å². The maximum atomic E-state index is 13.5. The molecule has 156 valence electrons. The number of nitrogens with zero attached hydrogens (tertiary/aromatic N) is 1. The molecule has 0 saturated carbocycles. The number of amides is 2. The summed E-state index contributed by atoms with van der Waals surface area (Å²) in [5.41, 5.74) is 4.09. The van der Waals surface area contributed by atoms with Crippen molar-refractivity contribution in [3.05, 3.63) is 95.1 Å². The van der Waals surface area contributed by atoms with Gasteiger partial charge in [-0.3, -0.25) is 14.5 Å². The number of aryl methyl sites for hydroxylation is 1. The molecule has 0 aliphatic carbocycles. The predicted octanol–water partition coefficient (Wildman–Crippen LogP) is 4.49. The Hall–Kier alpha value is -3.86. The summed E-state index contributed by atoms with van der Waals surface area (Å²) >= 11 is 0. The van der Waals surface area contributed by atoms with Gasteiger partial charge in [0.25, 0.3) is 11.8 Å². The van der Waals surface area contributed by atoms with Crippen LogP contribution in [0.3, 0.4) is 0 Å². The first-order valence-corrected chi connectivity index (χ1v) is 9.97. The summed E-state index contributed by atoms with van der Waals surface area (Å²) in [6.45, 7) is 2.13. The van der Waals surface area contributed by atoms with Gasteiger partial charge in [0.15, 0.2) is 0 Å². The third kappa shape index (κ3) is 3.82. The van der Waals surface area contributed by atoms with Crippen LogP contribution in [0.5, 0.6) is 11.5 Å². The van der Waals surface area contributed by atoms with E-state index in [1.54, 1.807) is 26.4 Å². The Morgan fingerprint density at radius 3 is 1.84 bits per heavy atom. The Labute approximate surface area is 181 Å². The highest BCUT2D eigenvalue weighted by atomic mass is 16.5. The van der Waals surface area contributed by atoms with E-state index in [2.05, 4.69) is 0 Å². The Morgan fingerprint density at radius 1 is 0.710 bits per heavy atom. The van der Waals surface area contributed by atoms with Crippen molar-refractivity contribution in [2.45, 2.75) is 13.5 Å². The number of methoxy groups -OCH3 is 2. The Morgan fingerprint density at radius 2 is 1.26 bits per heavy atom. The zero-order valence-corrected chi connectivity index (χ0v) is 17.7. The molecule has 0 saturated heterocycles. The highest BCUT2D eigenvalue weighted by Gasteiger charge is 2.39. The molecule has 5 nitrogen and oxygen atoms in total. The number of hydrogen-bond donors (Lipinski definition) is 0. The average Bonchev–Trinajstić information content (AvgIpc) is 3.04. The van der Waals surface area contributed by atoms with E-state index in [0.29, 0.717) is 22.5 Å². The highest BCUT2D eigenvalue weighted by Crippen LogP contribution is 2.38. The molecule has 0 atom stereocenters. The Balaban J connectivity index is 1.78. The highest BCUT2D eigenvalue weighted by molar-refractivity contribution is 6.49. The minimum absolute atomic E-state index is 0.191. The van der Waals surface area contributed by atoms with Crippen LogP contribution in [-0.2, 0) is 16.1 Å². The number of hydrogen-bond acceptors (Lipinski definition) is 4. The third-order valence-corrected chi connectivity index (χ3v) is 5.46. The zero-order chi connectivity index (χ0) is 22.0.